The topological polar surface area (TPSA) is 67.4 Å². The van der Waals surface area contributed by atoms with Gasteiger partial charge in [-0.25, -0.2) is 13.1 Å². The number of rotatable bonds is 5. The molecule has 6 heteroatoms. The Kier molecular flexibility index (Phi) is 4.51. The molecular weight excluding hydrogens is 216 g/mol. The molecule has 0 aromatic heterocycles. The van der Waals surface area contributed by atoms with Crippen molar-refractivity contribution < 1.29 is 13.2 Å². The van der Waals surface area contributed by atoms with Crippen molar-refractivity contribution in [2.75, 3.05) is 20.2 Å². The van der Waals surface area contributed by atoms with E-state index in [-0.39, 0.29) is 12.1 Å². The van der Waals surface area contributed by atoms with Crippen LogP contribution in [0.15, 0.2) is 0 Å². The monoisotopic (exact) mass is 236 g/mol. The van der Waals surface area contributed by atoms with E-state index < -0.39 is 15.3 Å². The summed E-state index contributed by atoms with van der Waals surface area (Å²) < 4.78 is 31.6. The molecular formula is C9H20N2O3S. The number of hydrogen-bond donors (Lipinski definition) is 2. The number of hydrogen-bond acceptors (Lipinski definition) is 4. The van der Waals surface area contributed by atoms with E-state index in [0.29, 0.717) is 13.2 Å². The van der Waals surface area contributed by atoms with Gasteiger partial charge in [0.05, 0.1) is 11.4 Å². The molecule has 0 amide bonds. The molecule has 0 aromatic carbocycles. The van der Waals surface area contributed by atoms with Gasteiger partial charge >= 0.3 is 0 Å². The van der Waals surface area contributed by atoms with Gasteiger partial charge in [-0.2, -0.15) is 0 Å². The second kappa shape index (κ2) is 5.25. The predicted octanol–water partition coefficient (Wildman–Crippen LogP) is -0.309. The van der Waals surface area contributed by atoms with Crippen molar-refractivity contribution in [2.24, 2.45) is 0 Å². The lowest BCUT2D eigenvalue weighted by Crippen LogP contribution is -2.45. The molecule has 5 nitrogen and oxygen atoms in total. The summed E-state index contributed by atoms with van der Waals surface area (Å²) in [5.41, 5.74) is 0. The third kappa shape index (κ3) is 3.41. The summed E-state index contributed by atoms with van der Waals surface area (Å²) in [7, 11) is -1.49. The Hall–Kier alpha value is -0.170. The Morgan fingerprint density at radius 2 is 2.20 bits per heavy atom. The first-order chi connectivity index (χ1) is 6.97. The minimum Gasteiger partial charge on any atom is -0.377 e. The summed E-state index contributed by atoms with van der Waals surface area (Å²) in [6.45, 7) is 4.67. The Bertz CT molecular complexity index is 292. The van der Waals surface area contributed by atoms with Gasteiger partial charge in [-0.3, -0.25) is 0 Å². The highest BCUT2D eigenvalue weighted by Gasteiger charge is 2.30. The molecule has 1 fully saturated rings. The maximum Gasteiger partial charge on any atom is 0.215 e. The lowest BCUT2D eigenvalue weighted by molar-refractivity contribution is 0.116. The fraction of sp³-hybridized carbons (Fsp3) is 1.00. The first-order valence-electron chi connectivity index (χ1n) is 5.24. The number of ether oxygens (including phenoxy) is 1. The average Bonchev–Trinajstić information content (AvgIpc) is 2.52. The third-order valence-corrected chi connectivity index (χ3v) is 4.57. The highest BCUT2D eigenvalue weighted by molar-refractivity contribution is 7.90. The molecule has 0 aliphatic carbocycles. The van der Waals surface area contributed by atoms with Crippen LogP contribution in [0.5, 0.6) is 0 Å². The zero-order valence-corrected chi connectivity index (χ0v) is 10.3. The van der Waals surface area contributed by atoms with E-state index in [1.807, 2.05) is 6.92 Å². The molecule has 1 rings (SSSR count). The second-order valence-electron chi connectivity index (χ2n) is 4.00. The molecule has 0 saturated carbocycles. The second-order valence-corrected chi connectivity index (χ2v) is 6.13. The van der Waals surface area contributed by atoms with Gasteiger partial charge in [-0.15, -0.1) is 0 Å². The minimum absolute atomic E-state index is 0.0263. The van der Waals surface area contributed by atoms with E-state index in [1.54, 1.807) is 14.0 Å². The van der Waals surface area contributed by atoms with Crippen LogP contribution >= 0.6 is 0 Å². The molecule has 3 unspecified atom stereocenters. The van der Waals surface area contributed by atoms with E-state index in [2.05, 4.69) is 10.0 Å². The van der Waals surface area contributed by atoms with Crippen molar-refractivity contribution in [3.63, 3.8) is 0 Å². The summed E-state index contributed by atoms with van der Waals surface area (Å²) in [4.78, 5) is 0. The Morgan fingerprint density at radius 3 is 2.67 bits per heavy atom. The highest BCUT2D eigenvalue weighted by atomic mass is 32.2. The van der Waals surface area contributed by atoms with Gasteiger partial charge in [0, 0.05) is 19.2 Å². The van der Waals surface area contributed by atoms with Crippen molar-refractivity contribution in [1.29, 1.82) is 0 Å². The molecule has 3 atom stereocenters. The normalized spacial score (nSPS) is 29.3. The maximum atomic E-state index is 11.8. The van der Waals surface area contributed by atoms with E-state index in [0.717, 1.165) is 6.42 Å². The van der Waals surface area contributed by atoms with E-state index >= 15 is 0 Å². The molecule has 0 spiro atoms. The molecule has 0 bridgehead atoms. The first-order valence-corrected chi connectivity index (χ1v) is 6.79. The zero-order chi connectivity index (χ0) is 11.5. The van der Waals surface area contributed by atoms with Crippen LogP contribution in [0.25, 0.3) is 0 Å². The smallest absolute Gasteiger partial charge is 0.215 e. The first kappa shape index (κ1) is 12.9. The van der Waals surface area contributed by atoms with Crippen LogP contribution in [0.3, 0.4) is 0 Å². The SMILES string of the molecule is CNCC(C)S(=O)(=O)NC1CCOC1C. The fourth-order valence-electron chi connectivity index (χ4n) is 1.61. The van der Waals surface area contributed by atoms with Crippen LogP contribution in [0.2, 0.25) is 0 Å². The largest absolute Gasteiger partial charge is 0.377 e. The van der Waals surface area contributed by atoms with Crippen LogP contribution < -0.4 is 10.0 Å². The van der Waals surface area contributed by atoms with Gasteiger partial charge in [0.1, 0.15) is 0 Å². The Labute approximate surface area is 91.6 Å². The van der Waals surface area contributed by atoms with Crippen molar-refractivity contribution >= 4 is 10.0 Å². The molecule has 2 N–H and O–H groups in total. The molecule has 1 aliphatic rings. The molecule has 1 aliphatic heterocycles. The third-order valence-electron chi connectivity index (χ3n) is 2.71. The van der Waals surface area contributed by atoms with Gasteiger partial charge in [0.25, 0.3) is 0 Å². The zero-order valence-electron chi connectivity index (χ0n) is 9.49. The van der Waals surface area contributed by atoms with E-state index in [9.17, 15) is 8.42 Å². The number of sulfonamides is 1. The van der Waals surface area contributed by atoms with Gasteiger partial charge in [0.15, 0.2) is 0 Å². The van der Waals surface area contributed by atoms with Crippen molar-refractivity contribution in [1.82, 2.24) is 10.0 Å². The highest BCUT2D eigenvalue weighted by Crippen LogP contribution is 2.14. The van der Waals surface area contributed by atoms with Gasteiger partial charge in [-0.1, -0.05) is 0 Å². The quantitative estimate of drug-likeness (QED) is 0.687. The minimum atomic E-state index is -3.23. The van der Waals surface area contributed by atoms with Crippen LogP contribution in [-0.2, 0) is 14.8 Å². The lowest BCUT2D eigenvalue weighted by Gasteiger charge is -2.19. The lowest BCUT2D eigenvalue weighted by atomic mass is 10.2. The molecule has 15 heavy (non-hydrogen) atoms. The van der Waals surface area contributed by atoms with Gasteiger partial charge < -0.3 is 10.1 Å². The van der Waals surface area contributed by atoms with Crippen molar-refractivity contribution in [2.45, 2.75) is 37.7 Å². The summed E-state index contributed by atoms with van der Waals surface area (Å²) in [5, 5.41) is 2.44. The summed E-state index contributed by atoms with van der Waals surface area (Å²) >= 11 is 0. The van der Waals surface area contributed by atoms with Crippen LogP contribution in [0.4, 0.5) is 0 Å². The van der Waals surface area contributed by atoms with Crippen LogP contribution in [-0.4, -0.2) is 46.0 Å². The van der Waals surface area contributed by atoms with Gasteiger partial charge in [-0.05, 0) is 27.3 Å². The average molecular weight is 236 g/mol. The Balaban J connectivity index is 2.55. The molecule has 0 radical (unpaired) electrons. The summed E-state index contributed by atoms with van der Waals surface area (Å²) in [6, 6.07) is -0.0747. The van der Waals surface area contributed by atoms with E-state index in [1.165, 1.54) is 0 Å². The molecule has 0 aromatic rings. The molecule has 1 heterocycles. The predicted molar refractivity (Wildman–Crippen MR) is 59.3 cm³/mol. The standard InChI is InChI=1S/C9H20N2O3S/c1-7(6-10-3)15(12,13)11-9-4-5-14-8(9)2/h7-11H,4-6H2,1-3H3. The van der Waals surface area contributed by atoms with Crippen LogP contribution in [0.1, 0.15) is 20.3 Å². The molecule has 1 saturated heterocycles. The van der Waals surface area contributed by atoms with Crippen LogP contribution in [0, 0.1) is 0 Å². The summed E-state index contributed by atoms with van der Waals surface area (Å²) in [5.74, 6) is 0. The van der Waals surface area contributed by atoms with Crippen molar-refractivity contribution in [3.8, 4) is 0 Å². The molecule has 90 valence electrons. The maximum absolute atomic E-state index is 11.8. The summed E-state index contributed by atoms with van der Waals surface area (Å²) in [6.07, 6.45) is 0.730. The van der Waals surface area contributed by atoms with Gasteiger partial charge in [0.2, 0.25) is 10.0 Å². The Morgan fingerprint density at radius 1 is 1.53 bits per heavy atom. The van der Waals surface area contributed by atoms with E-state index in [4.69, 9.17) is 4.74 Å². The number of nitrogens with one attached hydrogen (secondary N) is 2. The van der Waals surface area contributed by atoms with Crippen molar-refractivity contribution in [3.05, 3.63) is 0 Å². The fourth-order valence-corrected chi connectivity index (χ4v) is 2.96.